The molecule has 0 radical (unpaired) electrons. The van der Waals surface area contributed by atoms with Crippen molar-refractivity contribution < 1.29 is 9.53 Å². The van der Waals surface area contributed by atoms with E-state index in [2.05, 4.69) is 10.6 Å². The molecular weight excluding hydrogens is 232 g/mol. The van der Waals surface area contributed by atoms with Crippen LogP contribution in [0.2, 0.25) is 0 Å². The summed E-state index contributed by atoms with van der Waals surface area (Å²) in [5.74, 6) is -0.239. The summed E-state index contributed by atoms with van der Waals surface area (Å²) in [5, 5.41) is 12.7. The first-order valence-corrected chi connectivity index (χ1v) is 6.24. The van der Waals surface area contributed by atoms with Gasteiger partial charge >= 0.3 is 5.97 Å². The van der Waals surface area contributed by atoms with Crippen LogP contribution < -0.4 is 16.4 Å². The Hall–Kier alpha value is -1.30. The fourth-order valence-corrected chi connectivity index (χ4v) is 1.45. The average molecular weight is 258 g/mol. The average Bonchev–Trinajstić information content (AvgIpc) is 2.20. The molecule has 0 heterocycles. The van der Waals surface area contributed by atoms with Crippen LogP contribution in [0, 0.1) is 5.41 Å². The van der Waals surface area contributed by atoms with Crippen molar-refractivity contribution in [3.63, 3.8) is 0 Å². The molecule has 6 nitrogen and oxygen atoms in total. The van der Waals surface area contributed by atoms with Gasteiger partial charge in [0.25, 0.3) is 0 Å². The number of hydrogen-bond donors (Lipinski definition) is 4. The summed E-state index contributed by atoms with van der Waals surface area (Å²) in [6, 6.07) is -0.276. The number of likely N-dealkylation sites (N-methyl/N-ethyl adjacent to an activating group) is 1. The second kappa shape index (κ2) is 7.92. The van der Waals surface area contributed by atoms with Gasteiger partial charge in [-0.3, -0.25) is 10.2 Å². The molecule has 0 rings (SSSR count). The van der Waals surface area contributed by atoms with Gasteiger partial charge in [-0.2, -0.15) is 0 Å². The van der Waals surface area contributed by atoms with E-state index < -0.39 is 5.60 Å². The fourth-order valence-electron chi connectivity index (χ4n) is 1.45. The third kappa shape index (κ3) is 8.81. The Morgan fingerprint density at radius 3 is 2.44 bits per heavy atom. The van der Waals surface area contributed by atoms with E-state index >= 15 is 0 Å². The predicted octanol–water partition coefficient (Wildman–Crippen LogP) is 0.569. The number of hydrogen-bond acceptors (Lipinski definition) is 4. The topological polar surface area (TPSA) is 100 Å². The second-order valence-electron chi connectivity index (χ2n) is 5.21. The molecule has 0 aromatic rings. The van der Waals surface area contributed by atoms with Crippen LogP contribution in [0.15, 0.2) is 0 Å². The molecule has 0 amide bonds. The fraction of sp³-hybridized carbons (Fsp3) is 0.833. The van der Waals surface area contributed by atoms with Crippen LogP contribution in [0.3, 0.4) is 0 Å². The summed E-state index contributed by atoms with van der Waals surface area (Å²) in [5.41, 5.74) is 4.71. The van der Waals surface area contributed by atoms with E-state index in [1.807, 2.05) is 20.8 Å². The quantitative estimate of drug-likeness (QED) is 0.231. The van der Waals surface area contributed by atoms with Gasteiger partial charge in [-0.15, -0.1) is 0 Å². The van der Waals surface area contributed by atoms with Crippen molar-refractivity contribution in [2.45, 2.75) is 51.7 Å². The maximum absolute atomic E-state index is 11.8. The standard InChI is InChI=1S/C12H26N4O2/c1-12(2,3)18-10(17)9(15-4)7-5-6-8-16-11(13)14/h9,15H,5-8H2,1-4H3,(H4,13,14,16)/t9-/m0/s1. The van der Waals surface area contributed by atoms with Crippen LogP contribution >= 0.6 is 0 Å². The van der Waals surface area contributed by atoms with Gasteiger partial charge in [0.15, 0.2) is 5.96 Å². The summed E-state index contributed by atoms with van der Waals surface area (Å²) < 4.78 is 5.31. The van der Waals surface area contributed by atoms with E-state index in [-0.39, 0.29) is 18.0 Å². The minimum Gasteiger partial charge on any atom is -0.459 e. The molecule has 0 aliphatic rings. The molecule has 0 aromatic carbocycles. The highest BCUT2D eigenvalue weighted by Gasteiger charge is 2.23. The van der Waals surface area contributed by atoms with Crippen LogP contribution in [0.25, 0.3) is 0 Å². The number of nitrogens with one attached hydrogen (secondary N) is 3. The van der Waals surface area contributed by atoms with Gasteiger partial charge in [0, 0.05) is 6.54 Å². The minimum atomic E-state index is -0.456. The zero-order valence-electron chi connectivity index (χ0n) is 11.8. The van der Waals surface area contributed by atoms with Crippen LogP contribution in [0.1, 0.15) is 40.0 Å². The first-order valence-electron chi connectivity index (χ1n) is 6.24. The Morgan fingerprint density at radius 1 is 1.39 bits per heavy atom. The van der Waals surface area contributed by atoms with Gasteiger partial charge in [0.2, 0.25) is 0 Å². The van der Waals surface area contributed by atoms with E-state index in [4.69, 9.17) is 15.9 Å². The highest BCUT2D eigenvalue weighted by atomic mass is 16.6. The smallest absolute Gasteiger partial charge is 0.323 e. The van der Waals surface area contributed by atoms with Crippen LogP contribution in [0.5, 0.6) is 0 Å². The van der Waals surface area contributed by atoms with Gasteiger partial charge in [-0.05, 0) is 47.1 Å². The number of guanidine groups is 1. The lowest BCUT2D eigenvalue weighted by Gasteiger charge is -2.23. The van der Waals surface area contributed by atoms with Crippen molar-refractivity contribution in [1.29, 1.82) is 5.41 Å². The SMILES string of the molecule is CN[C@@H](CCCCNC(=N)N)C(=O)OC(C)(C)C. The molecule has 0 fully saturated rings. The van der Waals surface area contributed by atoms with Crippen LogP contribution in [-0.2, 0) is 9.53 Å². The van der Waals surface area contributed by atoms with Gasteiger partial charge < -0.3 is 21.1 Å². The molecule has 0 aliphatic heterocycles. The summed E-state index contributed by atoms with van der Waals surface area (Å²) in [7, 11) is 1.75. The number of nitrogens with two attached hydrogens (primary N) is 1. The Morgan fingerprint density at radius 2 is 2.00 bits per heavy atom. The number of carbonyl (C=O) groups is 1. The lowest BCUT2D eigenvalue weighted by atomic mass is 10.1. The summed E-state index contributed by atoms with van der Waals surface area (Å²) in [6.45, 7) is 6.22. The Labute approximate surface area is 109 Å². The number of unbranched alkanes of at least 4 members (excludes halogenated alkanes) is 1. The van der Waals surface area contributed by atoms with Gasteiger partial charge in [0.1, 0.15) is 11.6 Å². The number of rotatable bonds is 7. The molecule has 0 bridgehead atoms. The van der Waals surface area contributed by atoms with Crippen LogP contribution in [0.4, 0.5) is 0 Å². The lowest BCUT2D eigenvalue weighted by Crippen LogP contribution is -2.39. The van der Waals surface area contributed by atoms with Gasteiger partial charge in [0.05, 0.1) is 0 Å². The molecule has 5 N–H and O–H groups in total. The maximum atomic E-state index is 11.8. The number of ether oxygens (including phenoxy) is 1. The predicted molar refractivity (Wildman–Crippen MR) is 72.5 cm³/mol. The molecule has 18 heavy (non-hydrogen) atoms. The Kier molecular flexibility index (Phi) is 7.35. The summed E-state index contributed by atoms with van der Waals surface area (Å²) in [6.07, 6.45) is 2.44. The molecular formula is C12H26N4O2. The summed E-state index contributed by atoms with van der Waals surface area (Å²) >= 11 is 0. The van der Waals surface area contributed by atoms with E-state index in [0.717, 1.165) is 12.8 Å². The number of carbonyl (C=O) groups excluding carboxylic acids is 1. The van der Waals surface area contributed by atoms with E-state index in [1.54, 1.807) is 7.05 Å². The summed E-state index contributed by atoms with van der Waals surface area (Å²) in [4.78, 5) is 11.8. The molecule has 0 unspecified atom stereocenters. The molecule has 106 valence electrons. The van der Waals surface area contributed by atoms with Crippen molar-refractivity contribution in [2.24, 2.45) is 5.73 Å². The molecule has 0 spiro atoms. The normalized spacial score (nSPS) is 12.9. The van der Waals surface area contributed by atoms with Gasteiger partial charge in [-0.1, -0.05) is 0 Å². The first kappa shape index (κ1) is 16.7. The van der Waals surface area contributed by atoms with E-state index in [0.29, 0.717) is 13.0 Å². The monoisotopic (exact) mass is 258 g/mol. The Balaban J connectivity index is 3.89. The van der Waals surface area contributed by atoms with Crippen LogP contribution in [-0.4, -0.2) is 37.2 Å². The molecule has 0 aromatic heterocycles. The zero-order valence-corrected chi connectivity index (χ0v) is 11.8. The third-order valence-electron chi connectivity index (χ3n) is 2.27. The molecule has 0 aliphatic carbocycles. The van der Waals surface area contributed by atoms with E-state index in [1.165, 1.54) is 0 Å². The third-order valence-corrected chi connectivity index (χ3v) is 2.27. The largest absolute Gasteiger partial charge is 0.459 e. The maximum Gasteiger partial charge on any atom is 0.323 e. The highest BCUT2D eigenvalue weighted by Crippen LogP contribution is 2.11. The molecule has 0 saturated heterocycles. The van der Waals surface area contributed by atoms with Crippen molar-refractivity contribution in [1.82, 2.24) is 10.6 Å². The molecule has 6 heteroatoms. The van der Waals surface area contributed by atoms with Crippen molar-refractivity contribution >= 4 is 11.9 Å². The Bertz CT molecular complexity index is 274. The van der Waals surface area contributed by atoms with E-state index in [9.17, 15) is 4.79 Å². The second-order valence-corrected chi connectivity index (χ2v) is 5.21. The number of esters is 1. The van der Waals surface area contributed by atoms with Gasteiger partial charge in [-0.25, -0.2) is 0 Å². The highest BCUT2D eigenvalue weighted by molar-refractivity contribution is 5.76. The zero-order chi connectivity index (χ0) is 14.2. The molecule has 1 atom stereocenters. The van der Waals surface area contributed by atoms with Crippen molar-refractivity contribution in [3.8, 4) is 0 Å². The minimum absolute atomic E-state index is 0.0210. The van der Waals surface area contributed by atoms with Crippen molar-refractivity contribution in [3.05, 3.63) is 0 Å². The lowest BCUT2D eigenvalue weighted by molar-refractivity contribution is -0.157. The molecule has 0 saturated carbocycles. The first-order chi connectivity index (χ1) is 8.26. The van der Waals surface area contributed by atoms with Crippen molar-refractivity contribution in [2.75, 3.05) is 13.6 Å².